The summed E-state index contributed by atoms with van der Waals surface area (Å²) in [6.07, 6.45) is 7.07. The topological polar surface area (TPSA) is 99.1 Å². The summed E-state index contributed by atoms with van der Waals surface area (Å²) in [4.78, 5) is 11.2. The van der Waals surface area contributed by atoms with E-state index in [2.05, 4.69) is 20.9 Å². The third kappa shape index (κ3) is 2.30. The van der Waals surface area contributed by atoms with E-state index in [0.29, 0.717) is 30.6 Å². The van der Waals surface area contributed by atoms with Gasteiger partial charge in [-0.1, -0.05) is 5.92 Å². The molecule has 0 saturated carbocycles. The fourth-order valence-electron chi connectivity index (χ4n) is 2.52. The van der Waals surface area contributed by atoms with Crippen LogP contribution in [0.15, 0.2) is 6.33 Å². The summed E-state index contributed by atoms with van der Waals surface area (Å²) in [6.45, 7) is 0.171. The van der Waals surface area contributed by atoms with E-state index in [9.17, 15) is 9.50 Å². The molecule has 8 heteroatoms. The van der Waals surface area contributed by atoms with Crippen molar-refractivity contribution in [2.45, 2.75) is 31.1 Å². The second-order valence-corrected chi connectivity index (χ2v) is 5.02. The average Bonchev–Trinajstić information content (AvgIpc) is 3.05. The number of nitrogens with two attached hydrogens (primary N) is 1. The molecule has 0 amide bonds. The van der Waals surface area contributed by atoms with E-state index in [1.54, 1.807) is 4.57 Å². The summed E-state index contributed by atoms with van der Waals surface area (Å²) < 4.78 is 20.6. The molecule has 2 aromatic heterocycles. The van der Waals surface area contributed by atoms with Crippen molar-refractivity contribution in [1.82, 2.24) is 19.5 Å². The number of aromatic nitrogens is 4. The second-order valence-electron chi connectivity index (χ2n) is 5.02. The fraction of sp³-hybridized carbons (Fsp3) is 0.462. The van der Waals surface area contributed by atoms with Gasteiger partial charge >= 0.3 is 6.08 Å². The molecule has 1 aliphatic rings. The van der Waals surface area contributed by atoms with E-state index >= 15 is 0 Å². The molecule has 2 atom stereocenters. The number of nitrogen functional groups attached to an aromatic ring is 1. The number of terminal acetylenes is 1. The molecule has 0 unspecified atom stereocenters. The van der Waals surface area contributed by atoms with Gasteiger partial charge in [0, 0.05) is 0 Å². The highest BCUT2D eigenvalue weighted by Gasteiger charge is 2.38. The van der Waals surface area contributed by atoms with Crippen LogP contribution in [-0.4, -0.2) is 42.9 Å². The summed E-state index contributed by atoms with van der Waals surface area (Å²) in [5.41, 5.74) is 5.33. The Morgan fingerprint density at radius 2 is 2.43 bits per heavy atom. The third-order valence-corrected chi connectivity index (χ3v) is 3.64. The molecule has 0 aromatic carbocycles. The first kappa shape index (κ1) is 13.7. The van der Waals surface area contributed by atoms with Crippen molar-refractivity contribution in [3.8, 4) is 12.3 Å². The number of nitrogens with zero attached hydrogens (tertiary/aromatic N) is 4. The summed E-state index contributed by atoms with van der Waals surface area (Å²) in [6, 6.07) is 0. The minimum atomic E-state index is -0.930. The van der Waals surface area contributed by atoms with Gasteiger partial charge in [-0.05, 0) is 12.8 Å². The van der Waals surface area contributed by atoms with Crippen LogP contribution in [0.25, 0.3) is 11.2 Å². The molecule has 110 valence electrons. The predicted octanol–water partition coefficient (Wildman–Crippen LogP) is 0.0909. The molecule has 7 nitrogen and oxygen atoms in total. The van der Waals surface area contributed by atoms with Crippen LogP contribution < -0.4 is 5.73 Å². The monoisotopic (exact) mass is 291 g/mol. The molecule has 1 saturated heterocycles. The second kappa shape index (κ2) is 4.95. The number of ether oxygens (including phenoxy) is 1. The van der Waals surface area contributed by atoms with Crippen molar-refractivity contribution < 1.29 is 14.2 Å². The van der Waals surface area contributed by atoms with Crippen LogP contribution >= 0.6 is 0 Å². The SMILES string of the molecule is C#C[C@@]1(CO)CC[C@H](Cn2cnc3c(N)nc(F)nc32)O1. The van der Waals surface area contributed by atoms with Gasteiger partial charge in [0.2, 0.25) is 0 Å². The number of imidazole rings is 1. The molecule has 0 bridgehead atoms. The molecule has 2 aromatic rings. The lowest BCUT2D eigenvalue weighted by Crippen LogP contribution is -2.32. The van der Waals surface area contributed by atoms with Crippen LogP contribution in [-0.2, 0) is 11.3 Å². The van der Waals surface area contributed by atoms with E-state index < -0.39 is 11.7 Å². The summed E-state index contributed by atoms with van der Waals surface area (Å²) in [5, 5.41) is 9.33. The van der Waals surface area contributed by atoms with Gasteiger partial charge in [0.1, 0.15) is 5.52 Å². The van der Waals surface area contributed by atoms with Crippen LogP contribution in [0.4, 0.5) is 10.2 Å². The van der Waals surface area contributed by atoms with Gasteiger partial charge in [0.25, 0.3) is 0 Å². The van der Waals surface area contributed by atoms with Gasteiger partial charge in [-0.15, -0.1) is 6.42 Å². The van der Waals surface area contributed by atoms with Crippen molar-refractivity contribution in [3.05, 3.63) is 12.4 Å². The Balaban J connectivity index is 1.85. The minimum absolute atomic E-state index is 0.00285. The molecule has 3 N–H and O–H groups in total. The lowest BCUT2D eigenvalue weighted by Gasteiger charge is -2.21. The quantitative estimate of drug-likeness (QED) is 0.614. The number of aliphatic hydroxyl groups excluding tert-OH is 1. The summed E-state index contributed by atoms with van der Waals surface area (Å²) in [7, 11) is 0. The number of hydrogen-bond acceptors (Lipinski definition) is 6. The zero-order valence-electron chi connectivity index (χ0n) is 11.2. The molecule has 0 spiro atoms. The zero-order valence-corrected chi connectivity index (χ0v) is 11.2. The molecule has 1 aliphatic heterocycles. The van der Waals surface area contributed by atoms with Gasteiger partial charge in [0.15, 0.2) is 17.1 Å². The summed E-state index contributed by atoms with van der Waals surface area (Å²) >= 11 is 0. The van der Waals surface area contributed by atoms with Crippen molar-refractivity contribution in [2.24, 2.45) is 0 Å². The molecular weight excluding hydrogens is 277 g/mol. The van der Waals surface area contributed by atoms with Crippen LogP contribution in [0.5, 0.6) is 0 Å². The molecule has 21 heavy (non-hydrogen) atoms. The number of anilines is 1. The standard InChI is InChI=1S/C13H14FN5O2/c1-2-13(6-20)4-3-8(21-13)5-19-7-16-9-10(15)17-12(14)18-11(9)19/h1,7-8,20H,3-6H2,(H2,15,17,18)/t8-,13+/m1/s1. The fourth-order valence-corrected chi connectivity index (χ4v) is 2.52. The Morgan fingerprint density at radius 1 is 1.62 bits per heavy atom. The number of halogens is 1. The maximum Gasteiger partial charge on any atom is 0.312 e. The first-order valence-electron chi connectivity index (χ1n) is 6.47. The molecule has 0 radical (unpaired) electrons. The Bertz CT molecular complexity index is 725. The van der Waals surface area contributed by atoms with E-state index in [1.807, 2.05) is 0 Å². The summed E-state index contributed by atoms with van der Waals surface area (Å²) in [5.74, 6) is 2.49. The van der Waals surface area contributed by atoms with Gasteiger partial charge < -0.3 is 20.1 Å². The number of hydrogen-bond donors (Lipinski definition) is 2. The lowest BCUT2D eigenvalue weighted by atomic mass is 10.0. The number of aliphatic hydroxyl groups is 1. The van der Waals surface area contributed by atoms with Crippen molar-refractivity contribution >= 4 is 17.0 Å². The van der Waals surface area contributed by atoms with Crippen LogP contribution in [0, 0.1) is 18.4 Å². The Labute approximate surface area is 120 Å². The number of fused-ring (bicyclic) bond motifs is 1. The highest BCUT2D eigenvalue weighted by molar-refractivity contribution is 5.81. The molecule has 3 heterocycles. The van der Waals surface area contributed by atoms with Crippen molar-refractivity contribution in [1.29, 1.82) is 0 Å². The first-order chi connectivity index (χ1) is 10.1. The number of rotatable bonds is 3. The highest BCUT2D eigenvalue weighted by Crippen LogP contribution is 2.31. The lowest BCUT2D eigenvalue weighted by molar-refractivity contribution is -0.0390. The Kier molecular flexibility index (Phi) is 3.23. The van der Waals surface area contributed by atoms with Gasteiger partial charge in [-0.2, -0.15) is 14.4 Å². The van der Waals surface area contributed by atoms with E-state index in [4.69, 9.17) is 16.9 Å². The smallest absolute Gasteiger partial charge is 0.312 e. The van der Waals surface area contributed by atoms with Gasteiger partial charge in [-0.25, -0.2) is 4.98 Å². The normalized spacial score (nSPS) is 25.3. The molecule has 3 rings (SSSR count). The largest absolute Gasteiger partial charge is 0.392 e. The Morgan fingerprint density at radius 3 is 3.10 bits per heavy atom. The van der Waals surface area contributed by atoms with E-state index in [0.717, 1.165) is 0 Å². The molecular formula is C13H14FN5O2. The first-order valence-corrected chi connectivity index (χ1v) is 6.47. The highest BCUT2D eigenvalue weighted by atomic mass is 19.1. The van der Waals surface area contributed by atoms with Crippen LogP contribution in [0.3, 0.4) is 0 Å². The average molecular weight is 291 g/mol. The minimum Gasteiger partial charge on any atom is -0.392 e. The van der Waals surface area contributed by atoms with Gasteiger partial charge in [-0.3, -0.25) is 0 Å². The maximum atomic E-state index is 13.3. The predicted molar refractivity (Wildman–Crippen MR) is 72.5 cm³/mol. The van der Waals surface area contributed by atoms with Crippen molar-refractivity contribution in [2.75, 3.05) is 12.3 Å². The molecule has 1 fully saturated rings. The van der Waals surface area contributed by atoms with E-state index in [1.165, 1.54) is 6.33 Å². The third-order valence-electron chi connectivity index (χ3n) is 3.64. The molecule has 0 aliphatic carbocycles. The van der Waals surface area contributed by atoms with Gasteiger partial charge in [0.05, 0.1) is 25.6 Å². The van der Waals surface area contributed by atoms with Crippen LogP contribution in [0.1, 0.15) is 12.8 Å². The zero-order chi connectivity index (χ0) is 15.0. The van der Waals surface area contributed by atoms with Crippen LogP contribution in [0.2, 0.25) is 0 Å². The van der Waals surface area contributed by atoms with Crippen molar-refractivity contribution in [3.63, 3.8) is 0 Å². The van der Waals surface area contributed by atoms with E-state index in [-0.39, 0.29) is 18.5 Å². The Hall–Kier alpha value is -2.24. The maximum absolute atomic E-state index is 13.3.